The number of hydrogen-bond acceptors (Lipinski definition) is 5. The molecule has 2 aromatic rings. The molecule has 11 heteroatoms. The highest BCUT2D eigenvalue weighted by molar-refractivity contribution is 6.32. The van der Waals surface area contributed by atoms with E-state index in [1.54, 1.807) is 0 Å². The van der Waals surface area contributed by atoms with Crippen LogP contribution in [0, 0.1) is 0 Å². The maximum atomic E-state index is 12.5. The third-order valence-electron chi connectivity index (χ3n) is 2.19. The van der Waals surface area contributed by atoms with Gasteiger partial charge in [0.2, 0.25) is 11.7 Å². The minimum Gasteiger partial charge on any atom is -0.409 e. The van der Waals surface area contributed by atoms with Gasteiger partial charge in [0.15, 0.2) is 5.82 Å². The molecule has 0 unspecified atom stereocenters. The van der Waals surface area contributed by atoms with Gasteiger partial charge in [-0.2, -0.15) is 13.2 Å². The Morgan fingerprint density at radius 2 is 2.10 bits per heavy atom. The summed E-state index contributed by atoms with van der Waals surface area (Å²) in [7, 11) is 0. The number of pyridine rings is 1. The Morgan fingerprint density at radius 1 is 1.40 bits per heavy atom. The highest BCUT2D eigenvalue weighted by atomic mass is 35.5. The third kappa shape index (κ3) is 2.64. The molecular weight excluding hydrogens is 301 g/mol. The van der Waals surface area contributed by atoms with Crippen LogP contribution in [0.15, 0.2) is 23.7 Å². The summed E-state index contributed by atoms with van der Waals surface area (Å²) >= 11 is 5.73. The van der Waals surface area contributed by atoms with E-state index in [1.165, 1.54) is 0 Å². The van der Waals surface area contributed by atoms with Crippen molar-refractivity contribution in [2.75, 3.05) is 0 Å². The molecule has 0 aliphatic heterocycles. The zero-order valence-corrected chi connectivity index (χ0v) is 10.3. The standard InChI is InChI=1S/C9H6ClF3N6O/c10-5-1-4(9(11,12)13)2-15-8(5)19-3-16-7(17-19)6(14)18-20/h1-3,20H,(H2,14,18). The molecule has 0 saturated heterocycles. The van der Waals surface area contributed by atoms with Crippen LogP contribution in [0.4, 0.5) is 13.2 Å². The number of aromatic nitrogens is 4. The molecule has 2 rings (SSSR count). The fraction of sp³-hybridized carbons (Fsp3) is 0.111. The van der Waals surface area contributed by atoms with Crippen LogP contribution >= 0.6 is 11.6 Å². The monoisotopic (exact) mass is 306 g/mol. The van der Waals surface area contributed by atoms with Gasteiger partial charge in [-0.15, -0.1) is 5.10 Å². The van der Waals surface area contributed by atoms with Crippen molar-refractivity contribution in [3.8, 4) is 5.82 Å². The van der Waals surface area contributed by atoms with Crippen LogP contribution in [0.5, 0.6) is 0 Å². The maximum Gasteiger partial charge on any atom is 0.417 e. The van der Waals surface area contributed by atoms with Crippen LogP contribution in [0.25, 0.3) is 5.82 Å². The van der Waals surface area contributed by atoms with Gasteiger partial charge < -0.3 is 10.9 Å². The van der Waals surface area contributed by atoms with E-state index in [2.05, 4.69) is 20.2 Å². The number of oxime groups is 1. The Balaban J connectivity index is 2.41. The SMILES string of the molecule is NC(=NO)c1ncn(-c2ncc(C(F)(F)F)cc2Cl)n1. The van der Waals surface area contributed by atoms with Crippen LogP contribution in [0.2, 0.25) is 5.02 Å². The van der Waals surface area contributed by atoms with Gasteiger partial charge in [0.1, 0.15) is 6.33 Å². The molecule has 0 saturated carbocycles. The summed E-state index contributed by atoms with van der Waals surface area (Å²) in [5, 5.41) is 14.6. The number of nitrogens with two attached hydrogens (primary N) is 1. The molecule has 7 nitrogen and oxygen atoms in total. The van der Waals surface area contributed by atoms with Gasteiger partial charge in [-0.05, 0) is 6.07 Å². The summed E-state index contributed by atoms with van der Waals surface area (Å²) in [6.45, 7) is 0. The van der Waals surface area contributed by atoms with Crippen LogP contribution in [-0.4, -0.2) is 30.8 Å². The predicted molar refractivity (Wildman–Crippen MR) is 61.7 cm³/mol. The zero-order chi connectivity index (χ0) is 14.9. The first kappa shape index (κ1) is 14.1. The molecule has 0 atom stereocenters. The quantitative estimate of drug-likeness (QED) is 0.378. The van der Waals surface area contributed by atoms with E-state index in [0.29, 0.717) is 12.3 Å². The molecular formula is C9H6ClF3N6O. The van der Waals surface area contributed by atoms with Crippen LogP contribution < -0.4 is 5.73 Å². The summed E-state index contributed by atoms with van der Waals surface area (Å²) in [5.41, 5.74) is 4.28. The molecule has 0 radical (unpaired) electrons. The van der Waals surface area contributed by atoms with E-state index in [0.717, 1.165) is 11.0 Å². The van der Waals surface area contributed by atoms with Crippen molar-refractivity contribution in [1.82, 2.24) is 19.7 Å². The van der Waals surface area contributed by atoms with Crippen molar-refractivity contribution in [3.05, 3.63) is 35.0 Å². The maximum absolute atomic E-state index is 12.5. The number of amidine groups is 1. The van der Waals surface area contributed by atoms with Crippen LogP contribution in [0.3, 0.4) is 0 Å². The summed E-state index contributed by atoms with van der Waals surface area (Å²) in [6.07, 6.45) is -2.81. The van der Waals surface area contributed by atoms with Gasteiger partial charge in [-0.25, -0.2) is 14.6 Å². The average Bonchev–Trinajstić information content (AvgIpc) is 2.86. The summed E-state index contributed by atoms with van der Waals surface area (Å²) in [5.74, 6) is -0.541. The molecule has 3 N–H and O–H groups in total. The Morgan fingerprint density at radius 3 is 2.65 bits per heavy atom. The van der Waals surface area contributed by atoms with Gasteiger partial charge in [0.25, 0.3) is 0 Å². The lowest BCUT2D eigenvalue weighted by Crippen LogP contribution is -2.15. The molecule has 2 heterocycles. The van der Waals surface area contributed by atoms with Gasteiger partial charge in [-0.3, -0.25) is 0 Å². The fourth-order valence-electron chi connectivity index (χ4n) is 1.28. The summed E-state index contributed by atoms with van der Waals surface area (Å²) in [6, 6.07) is 0.717. The molecule has 0 aliphatic rings. The van der Waals surface area contributed by atoms with E-state index in [9.17, 15) is 13.2 Å². The number of hydrogen-bond donors (Lipinski definition) is 2. The van der Waals surface area contributed by atoms with Crippen molar-refractivity contribution in [1.29, 1.82) is 0 Å². The molecule has 0 spiro atoms. The van der Waals surface area contributed by atoms with Crippen molar-refractivity contribution in [3.63, 3.8) is 0 Å². The second-order valence-electron chi connectivity index (χ2n) is 3.53. The van der Waals surface area contributed by atoms with Gasteiger partial charge in [0.05, 0.1) is 10.6 Å². The Bertz CT molecular complexity index is 668. The molecule has 0 amide bonds. The molecule has 20 heavy (non-hydrogen) atoms. The van der Waals surface area contributed by atoms with Crippen molar-refractivity contribution in [2.45, 2.75) is 6.18 Å². The molecule has 0 fully saturated rings. The average molecular weight is 307 g/mol. The second kappa shape index (κ2) is 4.96. The normalized spacial score (nSPS) is 12.7. The van der Waals surface area contributed by atoms with Crippen molar-refractivity contribution < 1.29 is 18.4 Å². The summed E-state index contributed by atoms with van der Waals surface area (Å²) in [4.78, 5) is 7.27. The lowest BCUT2D eigenvalue weighted by molar-refractivity contribution is -0.137. The lowest BCUT2D eigenvalue weighted by Gasteiger charge is -2.08. The van der Waals surface area contributed by atoms with E-state index < -0.39 is 11.7 Å². The van der Waals surface area contributed by atoms with E-state index in [1.807, 2.05) is 0 Å². The third-order valence-corrected chi connectivity index (χ3v) is 2.47. The minimum absolute atomic E-state index is 0.0656. The number of halogens is 4. The molecule has 0 bridgehead atoms. The Hall–Kier alpha value is -2.36. The zero-order valence-electron chi connectivity index (χ0n) is 9.50. The molecule has 0 aliphatic carbocycles. The van der Waals surface area contributed by atoms with E-state index in [4.69, 9.17) is 22.5 Å². The Labute approximate surface area is 114 Å². The minimum atomic E-state index is -4.54. The van der Waals surface area contributed by atoms with Gasteiger partial charge >= 0.3 is 6.18 Å². The lowest BCUT2D eigenvalue weighted by atomic mass is 10.3. The Kier molecular flexibility index (Phi) is 3.49. The first-order chi connectivity index (χ1) is 9.32. The predicted octanol–water partition coefficient (Wildman–Crippen LogP) is 1.43. The second-order valence-corrected chi connectivity index (χ2v) is 3.93. The number of nitrogens with zero attached hydrogens (tertiary/aromatic N) is 5. The van der Waals surface area contributed by atoms with Gasteiger partial charge in [-0.1, -0.05) is 16.8 Å². The highest BCUT2D eigenvalue weighted by Gasteiger charge is 2.31. The van der Waals surface area contributed by atoms with E-state index >= 15 is 0 Å². The fourth-order valence-corrected chi connectivity index (χ4v) is 1.53. The number of rotatable bonds is 2. The first-order valence-electron chi connectivity index (χ1n) is 4.95. The molecule has 106 valence electrons. The summed E-state index contributed by atoms with van der Waals surface area (Å²) < 4.78 is 38.4. The van der Waals surface area contributed by atoms with Crippen molar-refractivity contribution >= 4 is 17.4 Å². The van der Waals surface area contributed by atoms with E-state index in [-0.39, 0.29) is 22.5 Å². The van der Waals surface area contributed by atoms with Crippen LogP contribution in [0.1, 0.15) is 11.4 Å². The molecule has 0 aromatic carbocycles. The topological polar surface area (TPSA) is 102 Å². The highest BCUT2D eigenvalue weighted by Crippen LogP contribution is 2.31. The number of alkyl halides is 3. The van der Waals surface area contributed by atoms with Gasteiger partial charge in [0, 0.05) is 6.20 Å². The van der Waals surface area contributed by atoms with Crippen molar-refractivity contribution in [2.24, 2.45) is 10.9 Å². The largest absolute Gasteiger partial charge is 0.417 e. The van der Waals surface area contributed by atoms with Crippen LogP contribution in [-0.2, 0) is 6.18 Å². The first-order valence-corrected chi connectivity index (χ1v) is 5.33. The molecule has 2 aromatic heterocycles. The smallest absolute Gasteiger partial charge is 0.409 e.